The minimum atomic E-state index is -0.0514. The van der Waals surface area contributed by atoms with E-state index < -0.39 is 0 Å². The number of rotatable bonds is 3. The first kappa shape index (κ1) is 14.8. The van der Waals surface area contributed by atoms with E-state index in [1.54, 1.807) is 6.20 Å². The van der Waals surface area contributed by atoms with Gasteiger partial charge in [-0.25, -0.2) is 4.98 Å². The number of aryl methyl sites for hydroxylation is 1. The molecular formula is C16H19ClN2O. The average molecular weight is 291 g/mol. The zero-order chi connectivity index (χ0) is 14.8. The van der Waals surface area contributed by atoms with Gasteiger partial charge in [0.05, 0.1) is 11.4 Å². The Morgan fingerprint density at radius 2 is 2.00 bits per heavy atom. The molecule has 0 aliphatic heterocycles. The van der Waals surface area contributed by atoms with Crippen molar-refractivity contribution in [3.05, 3.63) is 47.4 Å². The van der Waals surface area contributed by atoms with Gasteiger partial charge in [-0.3, -0.25) is 4.98 Å². The third-order valence-electron chi connectivity index (χ3n) is 2.96. The predicted octanol–water partition coefficient (Wildman–Crippen LogP) is 4.61. The van der Waals surface area contributed by atoms with Crippen molar-refractivity contribution >= 4 is 11.6 Å². The van der Waals surface area contributed by atoms with Crippen LogP contribution in [-0.4, -0.2) is 9.97 Å². The lowest BCUT2D eigenvalue weighted by molar-refractivity contribution is 0.445. The summed E-state index contributed by atoms with van der Waals surface area (Å²) in [4.78, 5) is 8.79. The molecule has 3 nitrogen and oxygen atoms in total. The molecule has 2 heterocycles. The van der Waals surface area contributed by atoms with Crippen LogP contribution in [0.3, 0.4) is 0 Å². The normalized spacial score (nSPS) is 11.4. The number of nitrogens with zero attached hydrogens (tertiary/aromatic N) is 2. The molecule has 0 atom stereocenters. The highest BCUT2D eigenvalue weighted by atomic mass is 35.5. The molecule has 0 aliphatic carbocycles. The van der Waals surface area contributed by atoms with Crippen LogP contribution in [0.25, 0.3) is 0 Å². The molecule has 0 N–H and O–H groups in total. The first-order valence-corrected chi connectivity index (χ1v) is 7.10. The van der Waals surface area contributed by atoms with Crippen molar-refractivity contribution in [2.75, 3.05) is 0 Å². The van der Waals surface area contributed by atoms with Crippen molar-refractivity contribution in [3.63, 3.8) is 0 Å². The van der Waals surface area contributed by atoms with Gasteiger partial charge in [0.25, 0.3) is 0 Å². The molecule has 2 rings (SSSR count). The highest BCUT2D eigenvalue weighted by Gasteiger charge is 2.18. The van der Waals surface area contributed by atoms with E-state index in [0.717, 1.165) is 17.0 Å². The number of alkyl halides is 1. The SMILES string of the molecule is Cc1ncccc1Oc1cc(CCl)cc(C(C)(C)C)n1. The number of hydrogen-bond donors (Lipinski definition) is 0. The molecular weight excluding hydrogens is 272 g/mol. The van der Waals surface area contributed by atoms with Crippen LogP contribution in [0.4, 0.5) is 0 Å². The Hall–Kier alpha value is -1.61. The molecule has 20 heavy (non-hydrogen) atoms. The lowest BCUT2D eigenvalue weighted by Crippen LogP contribution is -2.14. The van der Waals surface area contributed by atoms with E-state index in [-0.39, 0.29) is 5.41 Å². The van der Waals surface area contributed by atoms with Crippen molar-refractivity contribution in [2.24, 2.45) is 0 Å². The molecule has 0 bridgehead atoms. The summed E-state index contributed by atoms with van der Waals surface area (Å²) in [6, 6.07) is 7.62. The van der Waals surface area contributed by atoms with Crippen molar-refractivity contribution < 1.29 is 4.74 Å². The largest absolute Gasteiger partial charge is 0.437 e. The van der Waals surface area contributed by atoms with Gasteiger partial charge < -0.3 is 4.74 Å². The molecule has 0 radical (unpaired) electrons. The van der Waals surface area contributed by atoms with Gasteiger partial charge in [-0.15, -0.1) is 11.6 Å². The standard InChI is InChI=1S/C16H19ClN2O/c1-11-13(6-5-7-18-11)20-15-9-12(10-17)8-14(19-15)16(2,3)4/h5-9H,10H2,1-4H3. The number of halogens is 1. The van der Waals surface area contributed by atoms with E-state index in [2.05, 4.69) is 30.7 Å². The number of aromatic nitrogens is 2. The molecule has 4 heteroatoms. The predicted molar refractivity (Wildman–Crippen MR) is 81.5 cm³/mol. The number of ether oxygens (including phenoxy) is 1. The Balaban J connectivity index is 2.39. The van der Waals surface area contributed by atoms with Crippen LogP contribution < -0.4 is 4.74 Å². The van der Waals surface area contributed by atoms with Crippen molar-refractivity contribution in [3.8, 4) is 11.6 Å². The molecule has 0 aliphatic rings. The molecule has 106 valence electrons. The Bertz CT molecular complexity index is 606. The highest BCUT2D eigenvalue weighted by molar-refractivity contribution is 6.17. The summed E-state index contributed by atoms with van der Waals surface area (Å²) in [7, 11) is 0. The summed E-state index contributed by atoms with van der Waals surface area (Å²) in [5.74, 6) is 1.71. The Morgan fingerprint density at radius 3 is 2.60 bits per heavy atom. The van der Waals surface area contributed by atoms with Crippen LogP contribution in [0.1, 0.15) is 37.7 Å². The number of pyridine rings is 2. The smallest absolute Gasteiger partial charge is 0.219 e. The van der Waals surface area contributed by atoms with Gasteiger partial charge >= 0.3 is 0 Å². The molecule has 2 aromatic rings. The zero-order valence-electron chi connectivity index (χ0n) is 12.3. The fourth-order valence-electron chi connectivity index (χ4n) is 1.76. The van der Waals surface area contributed by atoms with Gasteiger partial charge in [-0.05, 0) is 30.7 Å². The third-order valence-corrected chi connectivity index (χ3v) is 3.27. The van der Waals surface area contributed by atoms with Gasteiger partial charge in [-0.1, -0.05) is 20.8 Å². The third kappa shape index (κ3) is 3.48. The van der Waals surface area contributed by atoms with Crippen molar-refractivity contribution in [1.82, 2.24) is 9.97 Å². The summed E-state index contributed by atoms with van der Waals surface area (Å²) in [5, 5.41) is 0. The minimum Gasteiger partial charge on any atom is -0.437 e. The maximum Gasteiger partial charge on any atom is 0.219 e. The van der Waals surface area contributed by atoms with Gasteiger partial charge in [-0.2, -0.15) is 0 Å². The van der Waals surface area contributed by atoms with E-state index >= 15 is 0 Å². The van der Waals surface area contributed by atoms with Crippen LogP contribution >= 0.6 is 11.6 Å². The van der Waals surface area contributed by atoms with Gasteiger partial charge in [0, 0.05) is 23.6 Å². The quantitative estimate of drug-likeness (QED) is 0.774. The topological polar surface area (TPSA) is 35.0 Å². The monoisotopic (exact) mass is 290 g/mol. The first-order chi connectivity index (χ1) is 9.40. The van der Waals surface area contributed by atoms with Gasteiger partial charge in [0.15, 0.2) is 5.75 Å². The van der Waals surface area contributed by atoms with Crippen molar-refractivity contribution in [2.45, 2.75) is 39.0 Å². The second kappa shape index (κ2) is 5.80. The Labute approximate surface area is 125 Å². The molecule has 0 fully saturated rings. The molecule has 0 aromatic carbocycles. The Kier molecular flexibility index (Phi) is 4.29. The van der Waals surface area contributed by atoms with E-state index in [4.69, 9.17) is 16.3 Å². The maximum atomic E-state index is 5.96. The van der Waals surface area contributed by atoms with Gasteiger partial charge in [0.1, 0.15) is 0 Å². The summed E-state index contributed by atoms with van der Waals surface area (Å²) in [6.07, 6.45) is 1.74. The van der Waals surface area contributed by atoms with E-state index in [0.29, 0.717) is 17.5 Å². The van der Waals surface area contributed by atoms with Crippen LogP contribution in [0.15, 0.2) is 30.5 Å². The minimum absolute atomic E-state index is 0.0514. The van der Waals surface area contributed by atoms with E-state index in [9.17, 15) is 0 Å². The molecule has 2 aromatic heterocycles. The van der Waals surface area contributed by atoms with Crippen LogP contribution in [0.2, 0.25) is 0 Å². The molecule has 0 saturated carbocycles. The molecule has 0 saturated heterocycles. The lowest BCUT2D eigenvalue weighted by atomic mass is 9.91. The number of hydrogen-bond acceptors (Lipinski definition) is 3. The summed E-state index contributed by atoms with van der Waals surface area (Å²) >= 11 is 5.96. The summed E-state index contributed by atoms with van der Waals surface area (Å²) in [5.41, 5.74) is 2.75. The van der Waals surface area contributed by atoms with Crippen LogP contribution in [-0.2, 0) is 11.3 Å². The van der Waals surface area contributed by atoms with Crippen LogP contribution in [0, 0.1) is 6.92 Å². The molecule has 0 amide bonds. The lowest BCUT2D eigenvalue weighted by Gasteiger charge is -2.19. The Morgan fingerprint density at radius 1 is 1.25 bits per heavy atom. The van der Waals surface area contributed by atoms with E-state index in [1.165, 1.54) is 0 Å². The van der Waals surface area contributed by atoms with Crippen molar-refractivity contribution in [1.29, 1.82) is 0 Å². The molecule has 0 spiro atoms. The fourth-order valence-corrected chi connectivity index (χ4v) is 1.92. The second-order valence-corrected chi connectivity index (χ2v) is 6.04. The average Bonchev–Trinajstić information content (AvgIpc) is 2.40. The maximum absolute atomic E-state index is 5.96. The van der Waals surface area contributed by atoms with Crippen LogP contribution in [0.5, 0.6) is 11.6 Å². The van der Waals surface area contributed by atoms with E-state index in [1.807, 2.05) is 31.2 Å². The first-order valence-electron chi connectivity index (χ1n) is 6.57. The summed E-state index contributed by atoms with van der Waals surface area (Å²) < 4.78 is 5.86. The van der Waals surface area contributed by atoms with Gasteiger partial charge in [0.2, 0.25) is 5.88 Å². The second-order valence-electron chi connectivity index (χ2n) is 5.77. The summed E-state index contributed by atoms with van der Waals surface area (Å²) in [6.45, 7) is 8.26. The zero-order valence-corrected chi connectivity index (χ0v) is 13.0. The molecule has 0 unspecified atom stereocenters. The highest BCUT2D eigenvalue weighted by Crippen LogP contribution is 2.28. The fraction of sp³-hybridized carbons (Fsp3) is 0.375.